The van der Waals surface area contributed by atoms with Crippen molar-refractivity contribution in [3.8, 4) is 5.75 Å². The molecule has 7 heteroatoms. The van der Waals surface area contributed by atoms with Gasteiger partial charge < -0.3 is 14.6 Å². The third-order valence-electron chi connectivity index (χ3n) is 4.84. The minimum absolute atomic E-state index is 0.0699. The molecule has 1 atom stereocenters. The van der Waals surface area contributed by atoms with Gasteiger partial charge in [-0.15, -0.1) is 10.2 Å². The van der Waals surface area contributed by atoms with E-state index in [0.29, 0.717) is 11.8 Å². The smallest absolute Gasteiger partial charge is 0.230 e. The predicted octanol–water partition coefficient (Wildman–Crippen LogP) is 3.80. The molecule has 1 saturated carbocycles. The Morgan fingerprint density at radius 3 is 2.85 bits per heavy atom. The van der Waals surface area contributed by atoms with Crippen LogP contribution in [0.15, 0.2) is 29.4 Å². The molecule has 3 rings (SSSR count). The van der Waals surface area contributed by atoms with Crippen LogP contribution in [0, 0.1) is 6.92 Å². The van der Waals surface area contributed by atoms with Crippen molar-refractivity contribution < 1.29 is 9.53 Å². The van der Waals surface area contributed by atoms with Crippen LogP contribution >= 0.6 is 11.8 Å². The lowest BCUT2D eigenvalue weighted by Crippen LogP contribution is -2.37. The van der Waals surface area contributed by atoms with E-state index in [1.54, 1.807) is 0 Å². The summed E-state index contributed by atoms with van der Waals surface area (Å²) in [4.78, 5) is 12.2. The van der Waals surface area contributed by atoms with Crippen molar-refractivity contribution in [3.63, 3.8) is 0 Å². The summed E-state index contributed by atoms with van der Waals surface area (Å²) in [6.45, 7) is 3.99. The second kappa shape index (κ2) is 9.26. The molecular weight excluding hydrogens is 360 g/mol. The molecule has 146 valence electrons. The van der Waals surface area contributed by atoms with Crippen LogP contribution in [0.4, 0.5) is 0 Å². The van der Waals surface area contributed by atoms with E-state index in [4.69, 9.17) is 4.74 Å². The lowest BCUT2D eigenvalue weighted by molar-refractivity contribution is -0.119. The number of aromatic nitrogens is 3. The molecule has 0 radical (unpaired) electrons. The number of hydrogen-bond donors (Lipinski definition) is 1. The number of rotatable bonds is 7. The number of carbonyl (C=O) groups excluding carboxylic acids is 1. The number of nitrogens with one attached hydrogen (secondary N) is 1. The zero-order valence-electron chi connectivity index (χ0n) is 16.3. The van der Waals surface area contributed by atoms with E-state index < -0.39 is 0 Å². The van der Waals surface area contributed by atoms with Gasteiger partial charge in [-0.25, -0.2) is 0 Å². The third kappa shape index (κ3) is 5.48. The summed E-state index contributed by atoms with van der Waals surface area (Å²) < 4.78 is 7.89. The second-order valence-electron chi connectivity index (χ2n) is 7.17. The zero-order valence-corrected chi connectivity index (χ0v) is 17.1. The maximum absolute atomic E-state index is 12.2. The first kappa shape index (κ1) is 19.7. The van der Waals surface area contributed by atoms with Crippen LogP contribution in [0.1, 0.15) is 56.5 Å². The van der Waals surface area contributed by atoms with E-state index in [9.17, 15) is 4.79 Å². The lowest BCUT2D eigenvalue weighted by Gasteiger charge is -2.22. The van der Waals surface area contributed by atoms with Crippen LogP contribution in [0.3, 0.4) is 0 Å². The van der Waals surface area contributed by atoms with Crippen molar-refractivity contribution in [2.24, 2.45) is 7.05 Å². The average molecular weight is 389 g/mol. The van der Waals surface area contributed by atoms with Gasteiger partial charge in [0.2, 0.25) is 5.91 Å². The molecule has 27 heavy (non-hydrogen) atoms. The number of ether oxygens (including phenoxy) is 1. The van der Waals surface area contributed by atoms with Gasteiger partial charge in [0.25, 0.3) is 0 Å². The van der Waals surface area contributed by atoms with Gasteiger partial charge in [0, 0.05) is 13.1 Å². The Hall–Kier alpha value is -2.02. The van der Waals surface area contributed by atoms with Crippen molar-refractivity contribution >= 4 is 17.7 Å². The Kier molecular flexibility index (Phi) is 6.77. The summed E-state index contributed by atoms with van der Waals surface area (Å²) in [5, 5.41) is 12.4. The Morgan fingerprint density at radius 2 is 2.11 bits per heavy atom. The monoisotopic (exact) mass is 388 g/mol. The SMILES string of the molecule is Cc1cccc(OC(C)c2nnc(SCC(=O)NC3CCCCC3)n2C)c1. The molecule has 1 aliphatic carbocycles. The van der Waals surface area contributed by atoms with Crippen LogP contribution in [0.5, 0.6) is 5.75 Å². The quantitative estimate of drug-likeness (QED) is 0.731. The highest BCUT2D eigenvalue weighted by molar-refractivity contribution is 7.99. The van der Waals surface area contributed by atoms with E-state index in [0.717, 1.165) is 35.1 Å². The van der Waals surface area contributed by atoms with E-state index in [2.05, 4.69) is 15.5 Å². The fraction of sp³-hybridized carbons (Fsp3) is 0.550. The summed E-state index contributed by atoms with van der Waals surface area (Å²) in [6.07, 6.45) is 5.67. The highest BCUT2D eigenvalue weighted by atomic mass is 32.2. The van der Waals surface area contributed by atoms with Crippen molar-refractivity contribution in [1.82, 2.24) is 20.1 Å². The normalized spacial score (nSPS) is 16.1. The van der Waals surface area contributed by atoms with Crippen LogP contribution < -0.4 is 10.1 Å². The van der Waals surface area contributed by atoms with Gasteiger partial charge >= 0.3 is 0 Å². The maximum Gasteiger partial charge on any atom is 0.230 e. The van der Waals surface area contributed by atoms with Crippen molar-refractivity contribution in [2.75, 3.05) is 5.75 Å². The number of carbonyl (C=O) groups is 1. The fourth-order valence-corrected chi connectivity index (χ4v) is 4.13. The molecule has 1 aliphatic rings. The maximum atomic E-state index is 12.2. The molecule has 1 fully saturated rings. The number of thioether (sulfide) groups is 1. The highest BCUT2D eigenvalue weighted by Crippen LogP contribution is 2.24. The molecule has 1 aromatic carbocycles. The Labute approximate surface area is 165 Å². The molecule has 1 aromatic heterocycles. The van der Waals surface area contributed by atoms with Gasteiger partial charge in [0.15, 0.2) is 17.1 Å². The summed E-state index contributed by atoms with van der Waals surface area (Å²) in [5.74, 6) is 1.98. The van der Waals surface area contributed by atoms with Crippen LogP contribution in [0.25, 0.3) is 0 Å². The van der Waals surface area contributed by atoms with E-state index in [1.165, 1.54) is 31.0 Å². The average Bonchev–Trinajstić information content (AvgIpc) is 3.01. The number of nitrogens with zero attached hydrogens (tertiary/aromatic N) is 3. The third-order valence-corrected chi connectivity index (χ3v) is 5.86. The minimum atomic E-state index is -0.227. The highest BCUT2D eigenvalue weighted by Gasteiger charge is 2.19. The minimum Gasteiger partial charge on any atom is -0.483 e. The van der Waals surface area contributed by atoms with Gasteiger partial charge in [-0.05, 0) is 44.4 Å². The van der Waals surface area contributed by atoms with Crippen LogP contribution in [-0.2, 0) is 11.8 Å². The Balaban J connectivity index is 1.53. The summed E-state index contributed by atoms with van der Waals surface area (Å²) in [7, 11) is 1.91. The zero-order chi connectivity index (χ0) is 19.2. The summed E-state index contributed by atoms with van der Waals surface area (Å²) >= 11 is 1.41. The summed E-state index contributed by atoms with van der Waals surface area (Å²) in [5.41, 5.74) is 1.15. The molecule has 0 spiro atoms. The largest absolute Gasteiger partial charge is 0.483 e. The van der Waals surface area contributed by atoms with Crippen LogP contribution in [-0.4, -0.2) is 32.5 Å². The van der Waals surface area contributed by atoms with Gasteiger partial charge in [0.05, 0.1) is 5.75 Å². The standard InChI is InChI=1S/C20H28N4O2S/c1-14-8-7-11-17(12-14)26-15(2)19-22-23-20(24(19)3)27-13-18(25)21-16-9-5-4-6-10-16/h7-8,11-12,15-16H,4-6,9-10,13H2,1-3H3,(H,21,25). The molecule has 1 heterocycles. The molecule has 2 aromatic rings. The first-order valence-corrected chi connectivity index (χ1v) is 10.6. The van der Waals surface area contributed by atoms with E-state index in [-0.39, 0.29) is 12.0 Å². The van der Waals surface area contributed by atoms with Crippen molar-refractivity contribution in [1.29, 1.82) is 0 Å². The second-order valence-corrected chi connectivity index (χ2v) is 8.11. The topological polar surface area (TPSA) is 69.0 Å². The number of amides is 1. The summed E-state index contributed by atoms with van der Waals surface area (Å²) in [6, 6.07) is 8.28. The molecule has 0 bridgehead atoms. The van der Waals surface area contributed by atoms with Gasteiger partial charge in [0.1, 0.15) is 5.75 Å². The molecule has 1 N–H and O–H groups in total. The molecule has 0 saturated heterocycles. The number of benzene rings is 1. The lowest BCUT2D eigenvalue weighted by atomic mass is 9.95. The van der Waals surface area contributed by atoms with Gasteiger partial charge in [-0.1, -0.05) is 43.2 Å². The number of aryl methyl sites for hydroxylation is 1. The van der Waals surface area contributed by atoms with E-state index >= 15 is 0 Å². The first-order valence-electron chi connectivity index (χ1n) is 9.57. The van der Waals surface area contributed by atoms with Gasteiger partial charge in [-0.2, -0.15) is 0 Å². The molecule has 1 unspecified atom stereocenters. The Bertz CT molecular complexity index is 771. The molecular formula is C20H28N4O2S. The number of hydrogen-bond acceptors (Lipinski definition) is 5. The van der Waals surface area contributed by atoms with E-state index in [1.807, 2.05) is 49.7 Å². The molecule has 0 aliphatic heterocycles. The molecule has 1 amide bonds. The van der Waals surface area contributed by atoms with Crippen LogP contribution in [0.2, 0.25) is 0 Å². The fourth-order valence-electron chi connectivity index (χ4n) is 3.40. The predicted molar refractivity (Wildman–Crippen MR) is 107 cm³/mol. The van der Waals surface area contributed by atoms with Crippen molar-refractivity contribution in [3.05, 3.63) is 35.7 Å². The molecule has 6 nitrogen and oxygen atoms in total. The Morgan fingerprint density at radius 1 is 1.33 bits per heavy atom. The van der Waals surface area contributed by atoms with Crippen molar-refractivity contribution in [2.45, 2.75) is 63.3 Å². The first-order chi connectivity index (χ1) is 13.0. The van der Waals surface area contributed by atoms with Gasteiger partial charge in [-0.3, -0.25) is 4.79 Å².